The minimum Gasteiger partial charge on any atom is -0.311 e. The Kier molecular flexibility index (Phi) is 4.90. The maximum absolute atomic E-state index is 3.69. The van der Waals surface area contributed by atoms with E-state index in [1.165, 1.54) is 9.13 Å². The van der Waals surface area contributed by atoms with E-state index in [9.17, 15) is 0 Å². The van der Waals surface area contributed by atoms with Gasteiger partial charge in [-0.05, 0) is 52.6 Å². The minimum absolute atomic E-state index is 0.324. The standard InChI is InChI=1S/C16H25IN2/c1-12-9-18-15(16(2,3)4)11-19(12)10-13-5-7-14(17)8-6-13/h5-8,12,15,18H,9-11H2,1-4H3. The van der Waals surface area contributed by atoms with Gasteiger partial charge in [-0.25, -0.2) is 0 Å². The zero-order valence-corrected chi connectivity index (χ0v) is 14.6. The molecular weight excluding hydrogens is 347 g/mol. The number of hydrogen-bond donors (Lipinski definition) is 1. The highest BCUT2D eigenvalue weighted by Crippen LogP contribution is 2.24. The lowest BCUT2D eigenvalue weighted by atomic mass is 9.84. The molecule has 2 rings (SSSR count). The van der Waals surface area contributed by atoms with Crippen LogP contribution in [0, 0.1) is 8.99 Å². The summed E-state index contributed by atoms with van der Waals surface area (Å²) in [4.78, 5) is 2.61. The number of nitrogens with one attached hydrogen (secondary N) is 1. The summed E-state index contributed by atoms with van der Waals surface area (Å²) in [5.41, 5.74) is 1.74. The van der Waals surface area contributed by atoms with Crippen LogP contribution in [0.25, 0.3) is 0 Å². The zero-order chi connectivity index (χ0) is 14.0. The van der Waals surface area contributed by atoms with Gasteiger partial charge in [0.05, 0.1) is 0 Å². The predicted molar refractivity (Wildman–Crippen MR) is 90.3 cm³/mol. The van der Waals surface area contributed by atoms with Crippen LogP contribution in [0.3, 0.4) is 0 Å². The molecule has 0 aliphatic carbocycles. The second kappa shape index (κ2) is 6.10. The van der Waals surface area contributed by atoms with Crippen LogP contribution in [-0.2, 0) is 6.54 Å². The van der Waals surface area contributed by atoms with Crippen molar-refractivity contribution in [1.29, 1.82) is 0 Å². The summed E-state index contributed by atoms with van der Waals surface area (Å²) in [5.74, 6) is 0. The highest BCUT2D eigenvalue weighted by atomic mass is 127. The van der Waals surface area contributed by atoms with Crippen molar-refractivity contribution < 1.29 is 0 Å². The molecule has 0 saturated carbocycles. The highest BCUT2D eigenvalue weighted by Gasteiger charge is 2.32. The molecule has 0 aromatic heterocycles. The lowest BCUT2D eigenvalue weighted by molar-refractivity contribution is 0.0877. The fraction of sp³-hybridized carbons (Fsp3) is 0.625. The SMILES string of the molecule is CC1CNC(C(C)(C)C)CN1Cc1ccc(I)cc1. The fourth-order valence-corrected chi connectivity index (χ4v) is 2.91. The monoisotopic (exact) mass is 372 g/mol. The largest absolute Gasteiger partial charge is 0.311 e. The fourth-order valence-electron chi connectivity index (χ4n) is 2.55. The normalized spacial score (nSPS) is 25.5. The topological polar surface area (TPSA) is 15.3 Å². The third-order valence-electron chi connectivity index (χ3n) is 4.04. The number of benzene rings is 1. The maximum atomic E-state index is 3.69. The molecule has 0 bridgehead atoms. The summed E-state index contributed by atoms with van der Waals surface area (Å²) in [6.07, 6.45) is 0. The summed E-state index contributed by atoms with van der Waals surface area (Å²) >= 11 is 2.36. The Morgan fingerprint density at radius 2 is 1.89 bits per heavy atom. The van der Waals surface area contributed by atoms with Crippen LogP contribution in [0.1, 0.15) is 33.3 Å². The Morgan fingerprint density at radius 3 is 2.47 bits per heavy atom. The van der Waals surface area contributed by atoms with Crippen LogP contribution >= 0.6 is 22.6 Å². The lowest BCUT2D eigenvalue weighted by Crippen LogP contribution is -2.59. The molecule has 1 aromatic carbocycles. The number of halogens is 1. The van der Waals surface area contributed by atoms with Crippen molar-refractivity contribution in [3.05, 3.63) is 33.4 Å². The van der Waals surface area contributed by atoms with E-state index in [4.69, 9.17) is 0 Å². The smallest absolute Gasteiger partial charge is 0.0244 e. The van der Waals surface area contributed by atoms with E-state index in [1.54, 1.807) is 0 Å². The summed E-state index contributed by atoms with van der Waals surface area (Å²) in [7, 11) is 0. The van der Waals surface area contributed by atoms with E-state index < -0.39 is 0 Å². The molecule has 2 unspecified atom stereocenters. The molecule has 0 radical (unpaired) electrons. The second-order valence-corrected chi connectivity index (χ2v) is 7.98. The van der Waals surface area contributed by atoms with Gasteiger partial charge in [-0.2, -0.15) is 0 Å². The van der Waals surface area contributed by atoms with E-state index in [2.05, 4.69) is 84.8 Å². The molecule has 0 amide bonds. The van der Waals surface area contributed by atoms with Gasteiger partial charge >= 0.3 is 0 Å². The molecule has 2 atom stereocenters. The van der Waals surface area contributed by atoms with Gasteiger partial charge in [0.1, 0.15) is 0 Å². The quantitative estimate of drug-likeness (QED) is 0.800. The van der Waals surface area contributed by atoms with Crippen LogP contribution in [0.15, 0.2) is 24.3 Å². The van der Waals surface area contributed by atoms with E-state index >= 15 is 0 Å². The average Bonchev–Trinajstić information content (AvgIpc) is 2.33. The number of hydrogen-bond acceptors (Lipinski definition) is 2. The lowest BCUT2D eigenvalue weighted by Gasteiger charge is -2.44. The van der Waals surface area contributed by atoms with Gasteiger partial charge < -0.3 is 5.32 Å². The molecule has 0 spiro atoms. The first-order valence-corrected chi connectivity index (χ1v) is 8.16. The molecule has 19 heavy (non-hydrogen) atoms. The predicted octanol–water partition coefficient (Wildman–Crippen LogP) is 3.50. The highest BCUT2D eigenvalue weighted by molar-refractivity contribution is 14.1. The average molecular weight is 372 g/mol. The Hall–Kier alpha value is -0.130. The molecule has 1 N–H and O–H groups in total. The van der Waals surface area contributed by atoms with Gasteiger partial charge in [0.2, 0.25) is 0 Å². The zero-order valence-electron chi connectivity index (χ0n) is 12.4. The Bertz CT molecular complexity index is 408. The van der Waals surface area contributed by atoms with Crippen LogP contribution < -0.4 is 5.32 Å². The summed E-state index contributed by atoms with van der Waals surface area (Å²) in [5, 5.41) is 3.69. The summed E-state index contributed by atoms with van der Waals surface area (Å²) < 4.78 is 1.31. The Balaban J connectivity index is 2.03. The minimum atomic E-state index is 0.324. The molecule has 2 nitrogen and oxygen atoms in total. The Morgan fingerprint density at radius 1 is 1.26 bits per heavy atom. The van der Waals surface area contributed by atoms with E-state index in [-0.39, 0.29) is 0 Å². The molecule has 1 aliphatic rings. The van der Waals surface area contributed by atoms with Crippen LogP contribution in [0.2, 0.25) is 0 Å². The van der Waals surface area contributed by atoms with Gasteiger partial charge in [-0.1, -0.05) is 32.9 Å². The number of piperazine rings is 1. The Labute approximate surface area is 131 Å². The van der Waals surface area contributed by atoms with Crippen LogP contribution in [0.5, 0.6) is 0 Å². The first-order valence-electron chi connectivity index (χ1n) is 7.08. The van der Waals surface area contributed by atoms with Crippen LogP contribution in [0.4, 0.5) is 0 Å². The van der Waals surface area contributed by atoms with Crippen molar-refractivity contribution in [3.8, 4) is 0 Å². The third-order valence-corrected chi connectivity index (χ3v) is 4.76. The van der Waals surface area contributed by atoms with Crippen molar-refractivity contribution in [1.82, 2.24) is 10.2 Å². The first kappa shape index (κ1) is 15.3. The van der Waals surface area contributed by atoms with Crippen molar-refractivity contribution in [3.63, 3.8) is 0 Å². The third kappa shape index (κ3) is 4.17. The molecule has 3 heteroatoms. The van der Waals surface area contributed by atoms with Crippen LogP contribution in [-0.4, -0.2) is 30.1 Å². The van der Waals surface area contributed by atoms with Gasteiger partial charge in [-0.15, -0.1) is 0 Å². The summed E-state index contributed by atoms with van der Waals surface area (Å²) in [6, 6.07) is 10.1. The van der Waals surface area contributed by atoms with Gasteiger partial charge in [0, 0.05) is 35.3 Å². The molecular formula is C16H25IN2. The van der Waals surface area contributed by atoms with Gasteiger partial charge in [-0.3, -0.25) is 4.90 Å². The molecule has 1 heterocycles. The first-order chi connectivity index (χ1) is 8.86. The molecule has 106 valence electrons. The van der Waals surface area contributed by atoms with Crippen molar-refractivity contribution >= 4 is 22.6 Å². The second-order valence-electron chi connectivity index (χ2n) is 6.73. The van der Waals surface area contributed by atoms with Gasteiger partial charge in [0.15, 0.2) is 0 Å². The molecule has 1 aromatic rings. The van der Waals surface area contributed by atoms with Crippen molar-refractivity contribution in [2.75, 3.05) is 13.1 Å². The molecule has 1 fully saturated rings. The van der Waals surface area contributed by atoms with Crippen molar-refractivity contribution in [2.45, 2.75) is 46.3 Å². The van der Waals surface area contributed by atoms with E-state index in [1.807, 2.05) is 0 Å². The number of nitrogens with zero attached hydrogens (tertiary/aromatic N) is 1. The van der Waals surface area contributed by atoms with Gasteiger partial charge in [0.25, 0.3) is 0 Å². The number of rotatable bonds is 2. The molecule has 1 aliphatic heterocycles. The van der Waals surface area contributed by atoms with E-state index in [0.717, 1.165) is 19.6 Å². The van der Waals surface area contributed by atoms with E-state index in [0.29, 0.717) is 17.5 Å². The summed E-state index contributed by atoms with van der Waals surface area (Å²) in [6.45, 7) is 12.6. The van der Waals surface area contributed by atoms with Crippen molar-refractivity contribution in [2.24, 2.45) is 5.41 Å². The maximum Gasteiger partial charge on any atom is 0.0244 e. The molecule has 1 saturated heterocycles.